The van der Waals surface area contributed by atoms with E-state index in [0.717, 1.165) is 45.4 Å². The second-order valence-electron chi connectivity index (χ2n) is 4.56. The second-order valence-corrected chi connectivity index (χ2v) is 4.56. The van der Waals surface area contributed by atoms with Crippen molar-refractivity contribution < 1.29 is 14.3 Å². The number of rotatable bonds is 7. The zero-order valence-corrected chi connectivity index (χ0v) is 11.0. The van der Waals surface area contributed by atoms with Gasteiger partial charge in [0.2, 0.25) is 0 Å². The van der Waals surface area contributed by atoms with Crippen molar-refractivity contribution in [2.24, 2.45) is 5.92 Å². The molecule has 0 aromatic heterocycles. The van der Waals surface area contributed by atoms with Crippen molar-refractivity contribution in [3.63, 3.8) is 0 Å². The maximum atomic E-state index is 11.7. The van der Waals surface area contributed by atoms with E-state index in [2.05, 4.69) is 12.2 Å². The molecule has 17 heavy (non-hydrogen) atoms. The highest BCUT2D eigenvalue weighted by molar-refractivity contribution is 5.75. The molecule has 4 heteroatoms. The maximum absolute atomic E-state index is 11.7. The van der Waals surface area contributed by atoms with E-state index < -0.39 is 0 Å². The molecule has 0 aromatic rings. The lowest BCUT2D eigenvalue weighted by molar-refractivity contribution is -0.145. The van der Waals surface area contributed by atoms with Crippen LogP contribution in [0.2, 0.25) is 0 Å². The molecule has 0 aliphatic carbocycles. The van der Waals surface area contributed by atoms with Gasteiger partial charge in [0, 0.05) is 13.2 Å². The summed E-state index contributed by atoms with van der Waals surface area (Å²) in [5.41, 5.74) is 0. The number of nitrogens with one attached hydrogen (secondary N) is 1. The van der Waals surface area contributed by atoms with E-state index in [-0.39, 0.29) is 12.0 Å². The quantitative estimate of drug-likeness (QED) is 0.692. The fraction of sp³-hybridized carbons (Fsp3) is 0.923. The molecule has 1 atom stereocenters. The molecule has 1 heterocycles. The highest BCUT2D eigenvalue weighted by atomic mass is 16.5. The second kappa shape index (κ2) is 8.48. The van der Waals surface area contributed by atoms with Crippen LogP contribution in [0.5, 0.6) is 0 Å². The van der Waals surface area contributed by atoms with Crippen molar-refractivity contribution in [2.75, 3.05) is 26.4 Å². The third-order valence-electron chi connectivity index (χ3n) is 3.14. The molecule has 1 unspecified atom stereocenters. The van der Waals surface area contributed by atoms with Gasteiger partial charge in [-0.1, -0.05) is 13.3 Å². The van der Waals surface area contributed by atoms with Crippen molar-refractivity contribution in [3.8, 4) is 0 Å². The standard InChI is InChI=1S/C13H25NO3/c1-3-5-12(13(15)17-4-2)14-10-11-6-8-16-9-7-11/h11-12,14H,3-10H2,1-2H3. The fourth-order valence-corrected chi connectivity index (χ4v) is 2.09. The van der Waals surface area contributed by atoms with E-state index in [1.165, 1.54) is 0 Å². The zero-order chi connectivity index (χ0) is 12.5. The van der Waals surface area contributed by atoms with Gasteiger partial charge in [-0.05, 0) is 38.6 Å². The lowest BCUT2D eigenvalue weighted by Gasteiger charge is -2.24. The van der Waals surface area contributed by atoms with Gasteiger partial charge in [-0.15, -0.1) is 0 Å². The first-order valence-electron chi connectivity index (χ1n) is 6.75. The summed E-state index contributed by atoms with van der Waals surface area (Å²) in [6, 6.07) is -0.136. The molecular weight excluding hydrogens is 218 g/mol. The van der Waals surface area contributed by atoms with Gasteiger partial charge in [0.25, 0.3) is 0 Å². The number of hydrogen-bond acceptors (Lipinski definition) is 4. The Bertz CT molecular complexity index is 215. The molecule has 1 rings (SSSR count). The topological polar surface area (TPSA) is 47.6 Å². The normalized spacial score (nSPS) is 18.9. The Kier molecular flexibility index (Phi) is 7.21. The molecule has 1 N–H and O–H groups in total. The van der Waals surface area contributed by atoms with Crippen LogP contribution in [0, 0.1) is 5.92 Å². The number of carbonyl (C=O) groups is 1. The van der Waals surface area contributed by atoms with Gasteiger partial charge in [-0.25, -0.2) is 0 Å². The van der Waals surface area contributed by atoms with Crippen LogP contribution < -0.4 is 5.32 Å². The Morgan fingerprint density at radius 2 is 2.12 bits per heavy atom. The smallest absolute Gasteiger partial charge is 0.323 e. The predicted octanol–water partition coefficient (Wildman–Crippen LogP) is 1.73. The minimum Gasteiger partial charge on any atom is -0.465 e. The van der Waals surface area contributed by atoms with E-state index in [1.54, 1.807) is 0 Å². The van der Waals surface area contributed by atoms with Crippen LogP contribution in [0.25, 0.3) is 0 Å². The van der Waals surface area contributed by atoms with Crippen LogP contribution in [0.15, 0.2) is 0 Å². The highest BCUT2D eigenvalue weighted by Crippen LogP contribution is 2.14. The Morgan fingerprint density at radius 1 is 1.41 bits per heavy atom. The lowest BCUT2D eigenvalue weighted by atomic mass is 9.99. The summed E-state index contributed by atoms with van der Waals surface area (Å²) >= 11 is 0. The summed E-state index contributed by atoms with van der Waals surface area (Å²) in [6.45, 7) is 6.99. The first-order chi connectivity index (χ1) is 8.27. The highest BCUT2D eigenvalue weighted by Gasteiger charge is 2.21. The summed E-state index contributed by atoms with van der Waals surface area (Å²) in [7, 11) is 0. The van der Waals surface area contributed by atoms with Crippen LogP contribution in [0.3, 0.4) is 0 Å². The van der Waals surface area contributed by atoms with Crippen LogP contribution in [-0.4, -0.2) is 38.4 Å². The van der Waals surface area contributed by atoms with Crippen LogP contribution >= 0.6 is 0 Å². The number of hydrogen-bond donors (Lipinski definition) is 1. The fourth-order valence-electron chi connectivity index (χ4n) is 2.09. The molecule has 0 bridgehead atoms. The molecule has 0 amide bonds. The van der Waals surface area contributed by atoms with Crippen molar-refractivity contribution in [1.29, 1.82) is 0 Å². The lowest BCUT2D eigenvalue weighted by Crippen LogP contribution is -2.41. The van der Waals surface area contributed by atoms with E-state index in [0.29, 0.717) is 12.5 Å². The van der Waals surface area contributed by atoms with Gasteiger partial charge in [0.05, 0.1) is 6.61 Å². The van der Waals surface area contributed by atoms with Gasteiger partial charge in [-0.3, -0.25) is 4.79 Å². The monoisotopic (exact) mass is 243 g/mol. The van der Waals surface area contributed by atoms with Crippen LogP contribution in [0.4, 0.5) is 0 Å². The number of esters is 1. The minimum atomic E-state index is -0.136. The third kappa shape index (κ3) is 5.50. The molecule has 0 saturated carbocycles. The molecule has 0 radical (unpaired) electrons. The van der Waals surface area contributed by atoms with Crippen LogP contribution in [0.1, 0.15) is 39.5 Å². The summed E-state index contributed by atoms with van der Waals surface area (Å²) in [6.07, 6.45) is 4.02. The molecule has 4 nitrogen and oxygen atoms in total. The molecule has 1 aliphatic rings. The molecule has 1 fully saturated rings. The first kappa shape index (κ1) is 14.5. The van der Waals surface area contributed by atoms with Crippen molar-refractivity contribution in [3.05, 3.63) is 0 Å². The summed E-state index contributed by atoms with van der Waals surface area (Å²) in [4.78, 5) is 11.7. The van der Waals surface area contributed by atoms with Gasteiger partial charge >= 0.3 is 5.97 Å². The first-order valence-corrected chi connectivity index (χ1v) is 6.75. The minimum absolute atomic E-state index is 0.110. The van der Waals surface area contributed by atoms with Crippen molar-refractivity contribution in [2.45, 2.75) is 45.6 Å². The Hall–Kier alpha value is -0.610. The van der Waals surface area contributed by atoms with Gasteiger partial charge in [0.1, 0.15) is 6.04 Å². The van der Waals surface area contributed by atoms with Crippen molar-refractivity contribution in [1.82, 2.24) is 5.32 Å². The Labute approximate surface area is 104 Å². The molecule has 1 aliphatic heterocycles. The predicted molar refractivity (Wildman–Crippen MR) is 66.9 cm³/mol. The molecule has 0 spiro atoms. The average molecular weight is 243 g/mol. The average Bonchev–Trinajstić information content (AvgIpc) is 2.36. The maximum Gasteiger partial charge on any atom is 0.323 e. The zero-order valence-electron chi connectivity index (χ0n) is 11.0. The van der Waals surface area contributed by atoms with E-state index in [9.17, 15) is 4.79 Å². The molecule has 0 aromatic carbocycles. The number of ether oxygens (including phenoxy) is 2. The summed E-state index contributed by atoms with van der Waals surface area (Å²) < 4.78 is 10.4. The largest absolute Gasteiger partial charge is 0.465 e. The van der Waals surface area contributed by atoms with Gasteiger partial charge in [0.15, 0.2) is 0 Å². The molecular formula is C13H25NO3. The Balaban J connectivity index is 2.29. The third-order valence-corrected chi connectivity index (χ3v) is 3.14. The SMILES string of the molecule is CCCC(NCC1CCOCC1)C(=O)OCC. The van der Waals surface area contributed by atoms with Gasteiger partial charge < -0.3 is 14.8 Å². The number of carbonyl (C=O) groups excluding carboxylic acids is 1. The summed E-state index contributed by atoms with van der Waals surface area (Å²) in [5.74, 6) is 0.527. The molecule has 1 saturated heterocycles. The van der Waals surface area contributed by atoms with E-state index in [1.807, 2.05) is 6.92 Å². The van der Waals surface area contributed by atoms with E-state index in [4.69, 9.17) is 9.47 Å². The van der Waals surface area contributed by atoms with Gasteiger partial charge in [-0.2, -0.15) is 0 Å². The summed E-state index contributed by atoms with van der Waals surface area (Å²) in [5, 5.41) is 3.34. The van der Waals surface area contributed by atoms with E-state index >= 15 is 0 Å². The molecule has 100 valence electrons. The van der Waals surface area contributed by atoms with Crippen molar-refractivity contribution >= 4 is 5.97 Å². The van der Waals surface area contributed by atoms with Crippen LogP contribution in [-0.2, 0) is 14.3 Å². The Morgan fingerprint density at radius 3 is 2.71 bits per heavy atom.